The third-order valence-electron chi connectivity index (χ3n) is 4.33. The third kappa shape index (κ3) is 6.53. The van der Waals surface area contributed by atoms with Crippen molar-refractivity contribution in [3.8, 4) is 0 Å². The highest BCUT2D eigenvalue weighted by atomic mass is 16.6. The number of nitrogens with one attached hydrogen (secondary N) is 2. The summed E-state index contributed by atoms with van der Waals surface area (Å²) in [4.78, 5) is 12.1. The van der Waals surface area contributed by atoms with Gasteiger partial charge in [0.2, 0.25) is 0 Å². The van der Waals surface area contributed by atoms with E-state index in [0.717, 1.165) is 38.8 Å². The Hall–Kier alpha value is -0.810. The summed E-state index contributed by atoms with van der Waals surface area (Å²) in [7, 11) is 0. The Labute approximate surface area is 135 Å². The highest BCUT2D eigenvalue weighted by Crippen LogP contribution is 2.19. The Kier molecular flexibility index (Phi) is 7.13. The van der Waals surface area contributed by atoms with Gasteiger partial charge in [0.25, 0.3) is 0 Å². The minimum absolute atomic E-state index is 0.260. The van der Waals surface area contributed by atoms with Crippen molar-refractivity contribution in [2.45, 2.75) is 90.5 Å². The quantitative estimate of drug-likeness (QED) is 0.790. The van der Waals surface area contributed by atoms with E-state index in [2.05, 4.69) is 31.4 Å². The molecule has 0 spiro atoms. The highest BCUT2D eigenvalue weighted by molar-refractivity contribution is 5.68. The molecule has 1 saturated heterocycles. The lowest BCUT2D eigenvalue weighted by Crippen LogP contribution is -2.57. The molecule has 130 valence electrons. The van der Waals surface area contributed by atoms with E-state index in [1.807, 2.05) is 20.8 Å². The van der Waals surface area contributed by atoms with Gasteiger partial charge >= 0.3 is 6.09 Å². The molecule has 1 heterocycles. The molecule has 1 rings (SSSR count). The van der Waals surface area contributed by atoms with E-state index in [-0.39, 0.29) is 11.6 Å². The van der Waals surface area contributed by atoms with Crippen molar-refractivity contribution in [3.05, 3.63) is 0 Å². The maximum atomic E-state index is 12.1. The SMILES string of the molecule is CCC(CC)(CNC1CCOC(C)C1)NC(=O)OC(C)(C)C. The Balaban J connectivity index is 2.56. The Morgan fingerprint density at radius 3 is 2.41 bits per heavy atom. The van der Waals surface area contributed by atoms with Gasteiger partial charge in [0.05, 0.1) is 11.6 Å². The average Bonchev–Trinajstić information content (AvgIpc) is 2.41. The molecule has 0 aromatic carbocycles. The summed E-state index contributed by atoms with van der Waals surface area (Å²) in [5.74, 6) is 0. The first-order valence-corrected chi connectivity index (χ1v) is 8.56. The van der Waals surface area contributed by atoms with Gasteiger partial charge in [-0.1, -0.05) is 13.8 Å². The molecule has 0 aliphatic carbocycles. The molecule has 0 aromatic heterocycles. The molecule has 2 unspecified atom stereocenters. The Bertz CT molecular complexity index is 348. The summed E-state index contributed by atoms with van der Waals surface area (Å²) >= 11 is 0. The molecule has 0 aromatic rings. The van der Waals surface area contributed by atoms with Gasteiger partial charge in [0, 0.05) is 19.2 Å². The maximum Gasteiger partial charge on any atom is 0.408 e. The Morgan fingerprint density at radius 2 is 1.91 bits per heavy atom. The topological polar surface area (TPSA) is 59.6 Å². The van der Waals surface area contributed by atoms with E-state index in [0.29, 0.717) is 12.1 Å². The second-order valence-corrected chi connectivity index (χ2v) is 7.40. The molecule has 0 radical (unpaired) electrons. The van der Waals surface area contributed by atoms with Crippen LogP contribution in [0.5, 0.6) is 0 Å². The number of rotatable bonds is 6. The first-order chi connectivity index (χ1) is 10.2. The van der Waals surface area contributed by atoms with Crippen molar-refractivity contribution < 1.29 is 14.3 Å². The smallest absolute Gasteiger partial charge is 0.408 e. The lowest BCUT2D eigenvalue weighted by atomic mass is 9.91. The molecule has 0 bridgehead atoms. The van der Waals surface area contributed by atoms with E-state index in [4.69, 9.17) is 9.47 Å². The van der Waals surface area contributed by atoms with Gasteiger partial charge in [-0.3, -0.25) is 0 Å². The number of amides is 1. The molecular formula is C17H34N2O3. The molecule has 1 amide bonds. The molecule has 2 atom stereocenters. The second kappa shape index (κ2) is 8.16. The largest absolute Gasteiger partial charge is 0.444 e. The van der Waals surface area contributed by atoms with Gasteiger partial charge in [-0.2, -0.15) is 0 Å². The zero-order valence-corrected chi connectivity index (χ0v) is 15.1. The van der Waals surface area contributed by atoms with Crippen LogP contribution in [0, 0.1) is 0 Å². The first kappa shape index (κ1) is 19.2. The van der Waals surface area contributed by atoms with Gasteiger partial charge in [-0.25, -0.2) is 4.79 Å². The van der Waals surface area contributed by atoms with Crippen molar-refractivity contribution in [2.75, 3.05) is 13.2 Å². The van der Waals surface area contributed by atoms with Crippen molar-refractivity contribution in [2.24, 2.45) is 0 Å². The van der Waals surface area contributed by atoms with Crippen LogP contribution in [-0.4, -0.2) is 42.5 Å². The average molecular weight is 314 g/mol. The molecule has 5 heteroatoms. The summed E-state index contributed by atoms with van der Waals surface area (Å²) in [6.07, 6.45) is 3.76. The van der Waals surface area contributed by atoms with Crippen LogP contribution in [0.15, 0.2) is 0 Å². The monoisotopic (exact) mass is 314 g/mol. The molecule has 2 N–H and O–H groups in total. The van der Waals surface area contributed by atoms with Crippen LogP contribution in [0.1, 0.15) is 67.2 Å². The number of alkyl carbamates (subject to hydrolysis) is 1. The summed E-state index contributed by atoms with van der Waals surface area (Å²) in [6, 6.07) is 0.460. The van der Waals surface area contributed by atoms with Gasteiger partial charge in [0.15, 0.2) is 0 Å². The van der Waals surface area contributed by atoms with Crippen LogP contribution < -0.4 is 10.6 Å². The minimum Gasteiger partial charge on any atom is -0.444 e. The van der Waals surface area contributed by atoms with Crippen LogP contribution >= 0.6 is 0 Å². The van der Waals surface area contributed by atoms with Crippen molar-refractivity contribution in [1.29, 1.82) is 0 Å². The van der Waals surface area contributed by atoms with E-state index in [1.54, 1.807) is 0 Å². The first-order valence-electron chi connectivity index (χ1n) is 8.56. The summed E-state index contributed by atoms with van der Waals surface area (Å²) in [5, 5.41) is 6.70. The van der Waals surface area contributed by atoms with Crippen LogP contribution in [0.3, 0.4) is 0 Å². The summed E-state index contributed by atoms with van der Waals surface area (Å²) in [6.45, 7) is 13.5. The minimum atomic E-state index is -0.471. The van der Waals surface area contributed by atoms with E-state index in [9.17, 15) is 4.79 Å². The Morgan fingerprint density at radius 1 is 1.27 bits per heavy atom. The fourth-order valence-electron chi connectivity index (χ4n) is 2.76. The van der Waals surface area contributed by atoms with E-state index in [1.165, 1.54) is 0 Å². The number of ether oxygens (including phenoxy) is 2. The standard InChI is InChI=1S/C17H34N2O3/c1-7-17(8-2,19-15(20)22-16(4,5)6)12-18-14-9-10-21-13(3)11-14/h13-14,18H,7-12H2,1-6H3,(H,19,20). The van der Waals surface area contributed by atoms with Crippen LogP contribution in [-0.2, 0) is 9.47 Å². The molecule has 1 fully saturated rings. The van der Waals surface area contributed by atoms with Crippen LogP contribution in [0.25, 0.3) is 0 Å². The number of carbonyl (C=O) groups is 1. The molecule has 22 heavy (non-hydrogen) atoms. The van der Waals surface area contributed by atoms with Gasteiger partial charge in [-0.05, 0) is 53.4 Å². The zero-order chi connectivity index (χ0) is 16.8. The molecule has 5 nitrogen and oxygen atoms in total. The lowest BCUT2D eigenvalue weighted by molar-refractivity contribution is 0.0110. The normalized spacial score (nSPS) is 23.2. The fourth-order valence-corrected chi connectivity index (χ4v) is 2.76. The molecule has 1 aliphatic heterocycles. The predicted octanol–water partition coefficient (Wildman–Crippen LogP) is 3.23. The van der Waals surface area contributed by atoms with Crippen LogP contribution in [0.2, 0.25) is 0 Å². The fraction of sp³-hybridized carbons (Fsp3) is 0.941. The van der Waals surface area contributed by atoms with E-state index >= 15 is 0 Å². The van der Waals surface area contributed by atoms with Gasteiger partial charge in [-0.15, -0.1) is 0 Å². The van der Waals surface area contributed by atoms with Crippen molar-refractivity contribution in [1.82, 2.24) is 10.6 Å². The summed E-state index contributed by atoms with van der Waals surface area (Å²) < 4.78 is 11.0. The number of hydrogen-bond donors (Lipinski definition) is 2. The van der Waals surface area contributed by atoms with Crippen molar-refractivity contribution in [3.63, 3.8) is 0 Å². The van der Waals surface area contributed by atoms with Crippen molar-refractivity contribution >= 4 is 6.09 Å². The number of carbonyl (C=O) groups excluding carboxylic acids is 1. The highest BCUT2D eigenvalue weighted by Gasteiger charge is 2.31. The lowest BCUT2D eigenvalue weighted by Gasteiger charge is -2.37. The van der Waals surface area contributed by atoms with Gasteiger partial charge in [0.1, 0.15) is 5.60 Å². The molecule has 0 saturated carbocycles. The van der Waals surface area contributed by atoms with Gasteiger partial charge < -0.3 is 20.1 Å². The van der Waals surface area contributed by atoms with Crippen LogP contribution in [0.4, 0.5) is 4.79 Å². The summed E-state index contributed by atoms with van der Waals surface area (Å²) in [5.41, 5.74) is -0.731. The second-order valence-electron chi connectivity index (χ2n) is 7.40. The zero-order valence-electron chi connectivity index (χ0n) is 15.1. The third-order valence-corrected chi connectivity index (χ3v) is 4.33. The molecular weight excluding hydrogens is 280 g/mol. The molecule has 1 aliphatic rings. The maximum absolute atomic E-state index is 12.1. The van der Waals surface area contributed by atoms with E-state index < -0.39 is 5.60 Å². The predicted molar refractivity (Wildman–Crippen MR) is 89.1 cm³/mol. The number of hydrogen-bond acceptors (Lipinski definition) is 4.